The first-order valence-corrected chi connectivity index (χ1v) is 13.7. The van der Waals surface area contributed by atoms with Gasteiger partial charge in [-0.3, -0.25) is 4.79 Å². The number of alkyl halides is 3. The van der Waals surface area contributed by atoms with Crippen LogP contribution in [0.3, 0.4) is 0 Å². The minimum Gasteiger partial charge on any atom is -0.362 e. The number of hydrogen-bond acceptors (Lipinski definition) is 5. The summed E-state index contributed by atoms with van der Waals surface area (Å²) in [5, 5.41) is 12.4. The zero-order valence-corrected chi connectivity index (χ0v) is 20.3. The molecule has 0 saturated heterocycles. The largest absolute Gasteiger partial charge is 0.416 e. The number of anilines is 1. The van der Waals surface area contributed by atoms with Crippen LogP contribution in [-0.2, 0) is 19.1 Å². The van der Waals surface area contributed by atoms with E-state index in [1.165, 1.54) is 15.3 Å². The monoisotopic (exact) mass is 600 g/mol. The second-order valence-corrected chi connectivity index (χ2v) is 9.57. The lowest BCUT2D eigenvalue weighted by molar-refractivity contribution is -0.138. The van der Waals surface area contributed by atoms with Crippen molar-refractivity contribution in [1.29, 1.82) is 0 Å². The van der Waals surface area contributed by atoms with Crippen LogP contribution >= 0.6 is 40.0 Å². The van der Waals surface area contributed by atoms with Gasteiger partial charge in [0.05, 0.1) is 42.1 Å². The molecule has 0 N–H and O–H groups in total. The Hall–Kier alpha value is -1.79. The lowest BCUT2D eigenvalue weighted by atomic mass is 10.00. The number of fused-ring (bicyclic) bond motifs is 1. The van der Waals surface area contributed by atoms with E-state index in [9.17, 15) is 22.4 Å². The highest BCUT2D eigenvalue weighted by Crippen LogP contribution is 2.37. The van der Waals surface area contributed by atoms with E-state index < -0.39 is 29.2 Å². The molecule has 3 heterocycles. The quantitative estimate of drug-likeness (QED) is 0.249. The van der Waals surface area contributed by atoms with Crippen LogP contribution in [0.1, 0.15) is 35.5 Å². The maximum Gasteiger partial charge on any atom is 0.416 e. The van der Waals surface area contributed by atoms with Crippen LogP contribution in [-0.4, -0.2) is 31.1 Å². The average molecular weight is 601 g/mol. The van der Waals surface area contributed by atoms with E-state index in [4.69, 9.17) is 11.6 Å². The third kappa shape index (κ3) is 4.24. The van der Waals surface area contributed by atoms with Gasteiger partial charge in [-0.05, 0) is 46.7 Å². The number of aromatic nitrogens is 5. The van der Waals surface area contributed by atoms with Gasteiger partial charge in [-0.2, -0.15) is 18.3 Å². The number of benzene rings is 1. The molecule has 0 saturated carbocycles. The Bertz CT molecular complexity index is 1230. The van der Waals surface area contributed by atoms with Gasteiger partial charge in [-0.1, -0.05) is 22.9 Å². The van der Waals surface area contributed by atoms with Crippen LogP contribution in [0.25, 0.3) is 0 Å². The summed E-state index contributed by atoms with van der Waals surface area (Å²) in [5.41, 5.74) is 0.183. The Kier molecular flexibility index (Phi) is 6.47. The van der Waals surface area contributed by atoms with Crippen LogP contribution < -0.4 is 10.5 Å². The maximum atomic E-state index is 13.5. The summed E-state index contributed by atoms with van der Waals surface area (Å²) in [5.74, 6) is -0.958. The number of halogens is 6. The van der Waals surface area contributed by atoms with Crippen molar-refractivity contribution in [1.82, 2.24) is 24.5 Å². The Labute approximate surface area is 199 Å². The molecule has 0 spiro atoms. The molecule has 7 nitrogen and oxygen atoms in total. The van der Waals surface area contributed by atoms with Crippen LogP contribution in [0.2, 0.25) is 5.02 Å². The number of hydrogen-bond donors (Lipinski definition) is 0. The molecule has 4 rings (SSSR count). The van der Waals surface area contributed by atoms with Gasteiger partial charge in [0.1, 0.15) is 16.5 Å². The molecule has 2 aromatic heterocycles. The minimum absolute atomic E-state index is 0.0505. The van der Waals surface area contributed by atoms with Crippen LogP contribution in [0.15, 0.2) is 29.2 Å². The van der Waals surface area contributed by atoms with Crippen LogP contribution in [0, 0.1) is 5.82 Å². The van der Waals surface area contributed by atoms with Crippen molar-refractivity contribution in [3.63, 3.8) is 0 Å². The highest BCUT2D eigenvalue weighted by atomic mass is 127. The van der Waals surface area contributed by atoms with Crippen molar-refractivity contribution in [2.75, 3.05) is 11.4 Å². The molecule has 14 heteroatoms. The molecule has 32 heavy (non-hydrogen) atoms. The van der Waals surface area contributed by atoms with E-state index in [-0.39, 0.29) is 23.5 Å². The van der Waals surface area contributed by atoms with Gasteiger partial charge >= 0.3 is 6.18 Å². The normalized spacial score (nSPS) is 15.4. The zero-order chi connectivity index (χ0) is 23.2. The number of rotatable bonds is 4. The second-order valence-electron chi connectivity index (χ2n) is 7.15. The summed E-state index contributed by atoms with van der Waals surface area (Å²) in [6, 6.07) is 1.80. The van der Waals surface area contributed by atoms with Gasteiger partial charge in [0.25, 0.3) is 5.56 Å². The Morgan fingerprint density at radius 3 is 2.75 bits per heavy atom. The SMILES string of the molecule is CC(c1ccc(F)cc1C(F)(F)F)n1nnc2c1CCN(c1cnn(PI)c(=O)c1Cl)C2. The van der Waals surface area contributed by atoms with Crippen molar-refractivity contribution >= 4 is 45.7 Å². The van der Waals surface area contributed by atoms with Gasteiger partial charge in [-0.25, -0.2) is 13.5 Å². The van der Waals surface area contributed by atoms with Crippen molar-refractivity contribution in [3.8, 4) is 0 Å². The first-order chi connectivity index (χ1) is 15.1. The predicted octanol–water partition coefficient (Wildman–Crippen LogP) is 4.61. The highest BCUT2D eigenvalue weighted by Gasteiger charge is 2.36. The van der Waals surface area contributed by atoms with Gasteiger partial charge in [0.15, 0.2) is 0 Å². The maximum absolute atomic E-state index is 13.5. The molecule has 0 radical (unpaired) electrons. The standard InChI is InChI=1S/C18H15ClF4IN6OP/c1-9(11-3-2-10(20)6-12(11)18(21,22)23)29-14-4-5-28(8-13(14)26-27-29)15-7-25-30(32-24)17(31)16(15)19/h2-3,6-7,9,32H,4-5,8H2,1H3. The Balaban J connectivity index is 1.65. The molecule has 2 unspecified atom stereocenters. The topological polar surface area (TPSA) is 68.8 Å². The Morgan fingerprint density at radius 1 is 1.31 bits per heavy atom. The summed E-state index contributed by atoms with van der Waals surface area (Å²) in [4.78, 5) is 14.1. The van der Waals surface area contributed by atoms with E-state index in [1.54, 1.807) is 6.92 Å². The minimum atomic E-state index is -4.70. The van der Waals surface area contributed by atoms with E-state index in [0.717, 1.165) is 12.1 Å². The molecule has 0 fully saturated rings. The molecule has 0 bridgehead atoms. The van der Waals surface area contributed by atoms with Crippen molar-refractivity contribution in [2.45, 2.75) is 32.1 Å². The molecule has 1 aromatic carbocycles. The van der Waals surface area contributed by atoms with Gasteiger partial charge < -0.3 is 4.90 Å². The van der Waals surface area contributed by atoms with Crippen LogP contribution in [0.5, 0.6) is 0 Å². The molecule has 3 aromatic rings. The van der Waals surface area contributed by atoms with Crippen molar-refractivity contribution < 1.29 is 17.6 Å². The first kappa shape index (κ1) is 23.4. The summed E-state index contributed by atoms with van der Waals surface area (Å²) < 4.78 is 56.6. The summed E-state index contributed by atoms with van der Waals surface area (Å²) in [7, 11) is 0. The third-order valence-corrected chi connectivity index (χ3v) is 7.49. The molecule has 2 atom stereocenters. The van der Waals surface area contributed by atoms with Gasteiger partial charge in [0.2, 0.25) is 0 Å². The molecule has 1 aliphatic rings. The average Bonchev–Trinajstić information content (AvgIpc) is 3.17. The van der Waals surface area contributed by atoms with Crippen molar-refractivity contribution in [2.24, 2.45) is 0 Å². The summed E-state index contributed by atoms with van der Waals surface area (Å²) in [6.07, 6.45) is -2.66. The molecular formula is C18H15ClF4IN6OP. The van der Waals surface area contributed by atoms with Gasteiger partial charge in [-0.15, -0.1) is 5.10 Å². The van der Waals surface area contributed by atoms with Crippen LogP contribution in [0.4, 0.5) is 23.2 Å². The molecule has 170 valence electrons. The van der Waals surface area contributed by atoms with E-state index >= 15 is 0 Å². The highest BCUT2D eigenvalue weighted by molar-refractivity contribution is 14.2. The lowest BCUT2D eigenvalue weighted by Gasteiger charge is -2.29. The Morgan fingerprint density at radius 2 is 2.06 bits per heavy atom. The molecule has 0 amide bonds. The number of nitrogens with zero attached hydrogens (tertiary/aromatic N) is 6. The molecular weight excluding hydrogens is 586 g/mol. The fourth-order valence-electron chi connectivity index (χ4n) is 3.72. The molecule has 0 aliphatic carbocycles. The molecule has 1 aliphatic heterocycles. The third-order valence-electron chi connectivity index (χ3n) is 5.29. The zero-order valence-electron chi connectivity index (χ0n) is 16.4. The first-order valence-electron chi connectivity index (χ1n) is 9.30. The fraction of sp³-hybridized carbons (Fsp3) is 0.333. The predicted molar refractivity (Wildman–Crippen MR) is 121 cm³/mol. The van der Waals surface area contributed by atoms with E-state index in [0.29, 0.717) is 36.1 Å². The lowest BCUT2D eigenvalue weighted by Crippen LogP contribution is -2.33. The fourth-order valence-corrected chi connectivity index (χ4v) is 5.36. The summed E-state index contributed by atoms with van der Waals surface area (Å²) >= 11 is 8.28. The summed E-state index contributed by atoms with van der Waals surface area (Å²) in [6.45, 7) is 2.28. The van der Waals surface area contributed by atoms with Crippen molar-refractivity contribution in [3.05, 3.63) is 68.1 Å². The smallest absolute Gasteiger partial charge is 0.362 e. The van der Waals surface area contributed by atoms with Gasteiger partial charge in [0, 0.05) is 13.0 Å². The van der Waals surface area contributed by atoms with E-state index in [2.05, 4.69) is 15.4 Å². The second kappa shape index (κ2) is 8.86. The van der Waals surface area contributed by atoms with E-state index in [1.807, 2.05) is 26.9 Å².